The van der Waals surface area contributed by atoms with Crippen LogP contribution in [0.25, 0.3) is 32.4 Å². The van der Waals surface area contributed by atoms with E-state index in [1.165, 1.54) is 6.07 Å². The third-order valence-electron chi connectivity index (χ3n) is 4.38. The molecule has 0 unspecified atom stereocenters. The molecule has 3 aromatic heterocycles. The first-order chi connectivity index (χ1) is 13.0. The van der Waals surface area contributed by atoms with Crippen molar-refractivity contribution in [2.45, 2.75) is 0 Å². The van der Waals surface area contributed by atoms with Crippen LogP contribution >= 0.6 is 11.3 Å². The van der Waals surface area contributed by atoms with Crippen molar-refractivity contribution >= 4 is 44.2 Å². The van der Waals surface area contributed by atoms with Gasteiger partial charge in [-0.05, 0) is 35.9 Å². The van der Waals surface area contributed by atoms with Gasteiger partial charge in [0.05, 0.1) is 5.56 Å². The average Bonchev–Trinajstić information content (AvgIpc) is 3.06. The van der Waals surface area contributed by atoms with Crippen molar-refractivity contribution < 1.29 is 14.3 Å². The lowest BCUT2D eigenvalue weighted by molar-refractivity contribution is 0.0698. The number of carbonyl (C=O) groups is 1. The molecule has 0 spiro atoms. The first-order valence-corrected chi connectivity index (χ1v) is 8.78. The lowest BCUT2D eigenvalue weighted by Gasteiger charge is -1.99. The monoisotopic (exact) mass is 378 g/mol. The summed E-state index contributed by atoms with van der Waals surface area (Å²) in [6.45, 7) is 0. The fourth-order valence-corrected chi connectivity index (χ4v) is 4.03. The van der Waals surface area contributed by atoms with E-state index >= 15 is 0 Å². The zero-order chi connectivity index (χ0) is 18.7. The Morgan fingerprint density at radius 3 is 2.48 bits per heavy atom. The molecule has 0 fully saturated rings. The van der Waals surface area contributed by atoms with Crippen LogP contribution in [-0.2, 0) is 0 Å². The Kier molecular flexibility index (Phi) is 3.13. The second-order valence-electron chi connectivity index (χ2n) is 6.03. The van der Waals surface area contributed by atoms with Crippen LogP contribution in [0.1, 0.15) is 10.4 Å². The summed E-state index contributed by atoms with van der Waals surface area (Å²) in [5.74, 6) is -1.14. The van der Waals surface area contributed by atoms with Gasteiger partial charge >= 0.3 is 17.1 Å². The second-order valence-corrected chi connectivity index (χ2v) is 7.08. The molecule has 0 saturated heterocycles. The number of rotatable bonds is 4. The van der Waals surface area contributed by atoms with Gasteiger partial charge < -0.3 is 9.52 Å². The van der Waals surface area contributed by atoms with E-state index in [-0.39, 0.29) is 10.6 Å². The number of para-hydroxylation sites is 1. The van der Waals surface area contributed by atoms with Crippen LogP contribution in [-0.4, -0.2) is 15.8 Å². The molecule has 0 aliphatic heterocycles. The minimum absolute atomic E-state index is 0.000325. The molecule has 5 aromatic rings. The maximum absolute atomic E-state index is 11.5. The van der Waals surface area contributed by atoms with Gasteiger partial charge in [0.1, 0.15) is 16.2 Å². The molecule has 0 saturated carbocycles. The fourth-order valence-electron chi connectivity index (χ4n) is 2.99. The van der Waals surface area contributed by atoms with Crippen LogP contribution in [0.15, 0.2) is 62.5 Å². The molecule has 0 aliphatic carbocycles. The number of nitrogens with one attached hydrogen (secondary N) is 1. The standard InChI is InChI=1S/C19H10N2O5S/c22-17-18(23)21(17)20-16-12(19(24)25)8-15(27-16)9-5-6-14-11(7-9)10-3-1-2-4-13(10)26-14/h1-8,20H,(H,24,25). The maximum atomic E-state index is 11.5. The highest BCUT2D eigenvalue weighted by atomic mass is 32.1. The number of fused-ring (bicyclic) bond motifs is 3. The molecule has 8 heteroatoms. The minimum Gasteiger partial charge on any atom is -0.478 e. The van der Waals surface area contributed by atoms with Gasteiger partial charge in [-0.15, -0.1) is 11.3 Å². The molecule has 2 N–H and O–H groups in total. The molecule has 2 aromatic carbocycles. The van der Waals surface area contributed by atoms with Crippen LogP contribution in [0.3, 0.4) is 0 Å². The molecule has 0 atom stereocenters. The lowest BCUT2D eigenvalue weighted by atomic mass is 10.1. The van der Waals surface area contributed by atoms with Crippen LogP contribution in [0.4, 0.5) is 5.00 Å². The van der Waals surface area contributed by atoms with Crippen molar-refractivity contribution in [1.82, 2.24) is 4.68 Å². The van der Waals surface area contributed by atoms with Gasteiger partial charge in [-0.2, -0.15) is 4.68 Å². The molecular formula is C19H10N2O5S. The van der Waals surface area contributed by atoms with E-state index in [4.69, 9.17) is 4.42 Å². The Morgan fingerprint density at radius 1 is 1.00 bits per heavy atom. The smallest absolute Gasteiger partial charge is 0.340 e. The number of anilines is 1. The first kappa shape index (κ1) is 15.6. The van der Waals surface area contributed by atoms with E-state index in [1.54, 1.807) is 0 Å². The van der Waals surface area contributed by atoms with Crippen molar-refractivity contribution in [1.29, 1.82) is 0 Å². The number of carboxylic acids is 1. The topological polar surface area (TPSA) is 102 Å². The van der Waals surface area contributed by atoms with Gasteiger partial charge in [0.2, 0.25) is 0 Å². The Balaban J connectivity index is 1.64. The number of aromatic nitrogens is 1. The van der Waals surface area contributed by atoms with Crippen molar-refractivity contribution in [2.24, 2.45) is 0 Å². The van der Waals surface area contributed by atoms with Gasteiger partial charge in [0.25, 0.3) is 0 Å². The molecule has 0 amide bonds. The van der Waals surface area contributed by atoms with E-state index < -0.39 is 17.1 Å². The fraction of sp³-hybridized carbons (Fsp3) is 0. The predicted octanol–water partition coefficient (Wildman–Crippen LogP) is 3.29. The molecule has 132 valence electrons. The van der Waals surface area contributed by atoms with Crippen molar-refractivity contribution in [3.8, 4) is 10.4 Å². The first-order valence-electron chi connectivity index (χ1n) is 7.97. The third kappa shape index (κ3) is 2.38. The van der Waals surface area contributed by atoms with Crippen LogP contribution in [0.5, 0.6) is 0 Å². The SMILES string of the molecule is O=C(O)c1cc(-c2ccc3oc4ccccc4c3c2)sc1Nn1c(=O)c1=O. The number of aromatic carboxylic acids is 1. The highest BCUT2D eigenvalue weighted by Crippen LogP contribution is 2.38. The van der Waals surface area contributed by atoms with Gasteiger partial charge in [-0.25, -0.2) is 4.79 Å². The Bertz CT molecular complexity index is 1410. The Labute approximate surface area is 154 Å². The summed E-state index contributed by atoms with van der Waals surface area (Å²) in [6.07, 6.45) is 0. The normalized spacial score (nSPS) is 11.6. The van der Waals surface area contributed by atoms with Crippen LogP contribution in [0, 0.1) is 0 Å². The van der Waals surface area contributed by atoms with Gasteiger partial charge in [0, 0.05) is 15.6 Å². The molecule has 0 bridgehead atoms. The number of carboxylic acid groups (broad SMARTS) is 1. The predicted molar refractivity (Wildman–Crippen MR) is 102 cm³/mol. The van der Waals surface area contributed by atoms with Crippen molar-refractivity contribution in [3.63, 3.8) is 0 Å². The zero-order valence-electron chi connectivity index (χ0n) is 13.6. The van der Waals surface area contributed by atoms with E-state index in [9.17, 15) is 19.5 Å². The van der Waals surface area contributed by atoms with Gasteiger partial charge in [-0.3, -0.25) is 15.0 Å². The number of thiophene rings is 1. The summed E-state index contributed by atoms with van der Waals surface area (Å²) < 4.78 is 6.60. The minimum atomic E-state index is -1.14. The second kappa shape index (κ2) is 5.42. The third-order valence-corrected chi connectivity index (χ3v) is 5.46. The average molecular weight is 378 g/mol. The summed E-state index contributed by atoms with van der Waals surface area (Å²) in [6, 6.07) is 14.8. The maximum Gasteiger partial charge on any atom is 0.340 e. The number of hydrogen-bond donors (Lipinski definition) is 2. The van der Waals surface area contributed by atoms with E-state index in [0.717, 1.165) is 43.5 Å². The van der Waals surface area contributed by atoms with E-state index in [0.29, 0.717) is 4.88 Å². The molecular weight excluding hydrogens is 368 g/mol. The molecule has 3 heterocycles. The highest BCUT2D eigenvalue weighted by Gasteiger charge is 2.22. The Morgan fingerprint density at radius 2 is 1.74 bits per heavy atom. The van der Waals surface area contributed by atoms with Crippen molar-refractivity contribution in [2.75, 3.05) is 5.43 Å². The van der Waals surface area contributed by atoms with E-state index in [2.05, 4.69) is 5.43 Å². The summed E-state index contributed by atoms with van der Waals surface area (Å²) in [4.78, 5) is 34.6. The van der Waals surface area contributed by atoms with Crippen LogP contribution < -0.4 is 16.5 Å². The summed E-state index contributed by atoms with van der Waals surface area (Å²) >= 11 is 1.16. The lowest BCUT2D eigenvalue weighted by Crippen LogP contribution is -2.09. The molecule has 27 heavy (non-hydrogen) atoms. The quantitative estimate of drug-likeness (QED) is 0.465. The summed E-state index contributed by atoms with van der Waals surface area (Å²) in [5.41, 5.74) is 3.54. The molecule has 0 aliphatic rings. The molecule has 7 nitrogen and oxygen atoms in total. The number of furan rings is 1. The van der Waals surface area contributed by atoms with E-state index in [1.807, 2.05) is 42.5 Å². The largest absolute Gasteiger partial charge is 0.478 e. The zero-order valence-corrected chi connectivity index (χ0v) is 14.4. The number of hydrogen-bond acceptors (Lipinski definition) is 6. The van der Waals surface area contributed by atoms with Gasteiger partial charge in [-0.1, -0.05) is 18.2 Å². The summed E-state index contributed by atoms with van der Waals surface area (Å²) in [7, 11) is 0. The molecule has 0 radical (unpaired) electrons. The number of nitrogens with zero attached hydrogens (tertiary/aromatic N) is 1. The number of benzene rings is 2. The highest BCUT2D eigenvalue weighted by molar-refractivity contribution is 7.19. The van der Waals surface area contributed by atoms with Crippen LogP contribution in [0.2, 0.25) is 0 Å². The van der Waals surface area contributed by atoms with Crippen molar-refractivity contribution in [3.05, 3.63) is 74.8 Å². The summed E-state index contributed by atoms with van der Waals surface area (Å²) in [5, 5.41) is 11.6. The molecule has 5 rings (SSSR count). The Hall–Kier alpha value is -3.65. The van der Waals surface area contributed by atoms with Gasteiger partial charge in [0.15, 0.2) is 0 Å².